The Morgan fingerprint density at radius 3 is 2.14 bits per heavy atom. The van der Waals surface area contributed by atoms with E-state index < -0.39 is 0 Å². The molecule has 0 saturated heterocycles. The van der Waals surface area contributed by atoms with Crippen LogP contribution in [-0.4, -0.2) is 36.3 Å². The fourth-order valence-corrected chi connectivity index (χ4v) is 1.05. The van der Waals surface area contributed by atoms with Crippen LogP contribution >= 0.6 is 22.6 Å². The van der Waals surface area contributed by atoms with E-state index in [-0.39, 0.29) is 0 Å². The lowest BCUT2D eigenvalue weighted by molar-refractivity contribution is -0.119. The third kappa shape index (κ3) is 14.9. The van der Waals surface area contributed by atoms with Crippen molar-refractivity contribution in [2.45, 2.75) is 39.0 Å². The largest absolute Gasteiger partial charge is 0.309 e. The predicted octanol–water partition coefficient (Wildman–Crippen LogP) is 3.14. The Bertz CT molecular complexity index is 126. The van der Waals surface area contributed by atoms with Crippen molar-refractivity contribution >= 4 is 28.4 Å². The zero-order valence-electron chi connectivity index (χ0n) is 9.98. The van der Waals surface area contributed by atoms with Gasteiger partial charge in [0.15, 0.2) is 0 Å². The molecule has 0 spiro atoms. The standard InChI is InChI=1S/C10H21NO.CH3I/c1-4-5-6-7-10(12)8-9-11(2)3;1-2/h4-9H2,1-3H3;1H3. The number of rotatable bonds is 7. The van der Waals surface area contributed by atoms with Crippen LogP contribution in [-0.2, 0) is 4.79 Å². The molecule has 0 aromatic heterocycles. The first kappa shape index (κ1) is 16.8. The summed E-state index contributed by atoms with van der Waals surface area (Å²) < 4.78 is 0. The molecule has 0 unspecified atom stereocenters. The van der Waals surface area contributed by atoms with Gasteiger partial charge in [-0.1, -0.05) is 42.4 Å². The maximum atomic E-state index is 11.2. The Balaban J connectivity index is 0. The molecule has 2 nitrogen and oxygen atoms in total. The molecular formula is C11H24INO. The summed E-state index contributed by atoms with van der Waals surface area (Å²) in [5, 5.41) is 0. The van der Waals surface area contributed by atoms with Crippen LogP contribution in [0.25, 0.3) is 0 Å². The Hall–Kier alpha value is 0.360. The fraction of sp³-hybridized carbons (Fsp3) is 0.909. The molecular weight excluding hydrogens is 289 g/mol. The van der Waals surface area contributed by atoms with Crippen molar-refractivity contribution in [2.24, 2.45) is 0 Å². The van der Waals surface area contributed by atoms with Crippen molar-refractivity contribution in [3.05, 3.63) is 0 Å². The van der Waals surface area contributed by atoms with Gasteiger partial charge >= 0.3 is 0 Å². The Morgan fingerprint density at radius 2 is 1.71 bits per heavy atom. The molecule has 0 saturated carbocycles. The molecule has 0 rings (SSSR count). The Labute approximate surface area is 103 Å². The van der Waals surface area contributed by atoms with Gasteiger partial charge in [-0.2, -0.15) is 0 Å². The number of carbonyl (C=O) groups is 1. The zero-order chi connectivity index (χ0) is 11.4. The summed E-state index contributed by atoms with van der Waals surface area (Å²) in [7, 11) is 4.00. The minimum absolute atomic E-state index is 0.414. The van der Waals surface area contributed by atoms with E-state index >= 15 is 0 Å². The number of ketones is 1. The normalized spacial score (nSPS) is 9.57. The molecule has 14 heavy (non-hydrogen) atoms. The van der Waals surface area contributed by atoms with Gasteiger partial charge in [-0.05, 0) is 25.4 Å². The van der Waals surface area contributed by atoms with Crippen molar-refractivity contribution in [3.8, 4) is 0 Å². The van der Waals surface area contributed by atoms with Gasteiger partial charge in [0.2, 0.25) is 0 Å². The molecule has 0 amide bonds. The zero-order valence-corrected chi connectivity index (χ0v) is 12.1. The van der Waals surface area contributed by atoms with Gasteiger partial charge in [-0.25, -0.2) is 0 Å². The summed E-state index contributed by atoms with van der Waals surface area (Å²) in [6.07, 6.45) is 4.95. The van der Waals surface area contributed by atoms with E-state index in [2.05, 4.69) is 34.4 Å². The van der Waals surface area contributed by atoms with Gasteiger partial charge in [0, 0.05) is 19.4 Å². The second-order valence-corrected chi connectivity index (χ2v) is 3.55. The van der Waals surface area contributed by atoms with Gasteiger partial charge in [0.05, 0.1) is 0 Å². The van der Waals surface area contributed by atoms with Crippen LogP contribution in [0.5, 0.6) is 0 Å². The van der Waals surface area contributed by atoms with Crippen LogP contribution in [0, 0.1) is 0 Å². The third-order valence-electron chi connectivity index (χ3n) is 1.90. The molecule has 0 N–H and O–H groups in total. The van der Waals surface area contributed by atoms with Gasteiger partial charge in [0.25, 0.3) is 0 Å². The summed E-state index contributed by atoms with van der Waals surface area (Å²) in [6.45, 7) is 3.05. The highest BCUT2D eigenvalue weighted by molar-refractivity contribution is 14.1. The van der Waals surface area contributed by atoms with Crippen molar-refractivity contribution < 1.29 is 4.79 Å². The average Bonchev–Trinajstić information content (AvgIpc) is 2.18. The molecule has 86 valence electrons. The summed E-state index contributed by atoms with van der Waals surface area (Å²) in [5.41, 5.74) is 0. The van der Waals surface area contributed by atoms with Gasteiger partial charge in [-0.15, -0.1) is 0 Å². The van der Waals surface area contributed by atoms with E-state index in [1.54, 1.807) is 0 Å². The SMILES string of the molecule is CCCCCC(=O)CCN(C)C.CI. The van der Waals surface area contributed by atoms with E-state index in [9.17, 15) is 4.79 Å². The van der Waals surface area contributed by atoms with Gasteiger partial charge in [-0.3, -0.25) is 4.79 Å². The smallest absolute Gasteiger partial charge is 0.134 e. The lowest BCUT2D eigenvalue weighted by Crippen LogP contribution is -2.16. The minimum Gasteiger partial charge on any atom is -0.309 e. The summed E-state index contributed by atoms with van der Waals surface area (Å²) in [6, 6.07) is 0. The van der Waals surface area contributed by atoms with Crippen molar-refractivity contribution in [1.29, 1.82) is 0 Å². The second-order valence-electron chi connectivity index (χ2n) is 3.55. The fourth-order valence-electron chi connectivity index (χ4n) is 1.05. The number of nitrogens with zero attached hydrogens (tertiary/aromatic N) is 1. The molecule has 0 aromatic rings. The van der Waals surface area contributed by atoms with Crippen LogP contribution in [0.2, 0.25) is 0 Å². The first-order valence-corrected chi connectivity index (χ1v) is 7.36. The summed E-state index contributed by atoms with van der Waals surface area (Å²) in [4.78, 5) is 15.2. The van der Waals surface area contributed by atoms with Crippen molar-refractivity contribution in [1.82, 2.24) is 4.90 Å². The number of Topliss-reactive ketones (excluding diaryl/α,β-unsaturated/α-hetero) is 1. The highest BCUT2D eigenvalue weighted by Gasteiger charge is 2.01. The molecule has 0 fully saturated rings. The number of alkyl halides is 1. The van der Waals surface area contributed by atoms with E-state index in [1.807, 2.05) is 19.0 Å². The van der Waals surface area contributed by atoms with Crippen LogP contribution in [0.1, 0.15) is 39.0 Å². The van der Waals surface area contributed by atoms with E-state index in [0.29, 0.717) is 5.78 Å². The number of hydrogen-bond donors (Lipinski definition) is 0. The topological polar surface area (TPSA) is 20.3 Å². The molecule has 0 aliphatic rings. The number of unbranched alkanes of at least 4 members (excludes halogenated alkanes) is 2. The molecule has 0 bridgehead atoms. The molecule has 0 radical (unpaired) electrons. The molecule has 0 heterocycles. The van der Waals surface area contributed by atoms with Crippen LogP contribution in [0.15, 0.2) is 0 Å². The predicted molar refractivity (Wildman–Crippen MR) is 72.3 cm³/mol. The van der Waals surface area contributed by atoms with Crippen LogP contribution in [0.3, 0.4) is 0 Å². The average molecular weight is 313 g/mol. The van der Waals surface area contributed by atoms with Crippen LogP contribution < -0.4 is 0 Å². The number of carbonyl (C=O) groups excluding carboxylic acids is 1. The Morgan fingerprint density at radius 1 is 1.14 bits per heavy atom. The third-order valence-corrected chi connectivity index (χ3v) is 1.90. The quantitative estimate of drug-likeness (QED) is 0.409. The van der Waals surface area contributed by atoms with E-state index in [1.165, 1.54) is 12.8 Å². The van der Waals surface area contributed by atoms with E-state index in [4.69, 9.17) is 0 Å². The monoisotopic (exact) mass is 313 g/mol. The van der Waals surface area contributed by atoms with Crippen LogP contribution in [0.4, 0.5) is 0 Å². The second kappa shape index (κ2) is 13.4. The highest BCUT2D eigenvalue weighted by atomic mass is 127. The van der Waals surface area contributed by atoms with Gasteiger partial charge in [0.1, 0.15) is 5.78 Å². The maximum Gasteiger partial charge on any atom is 0.134 e. The lowest BCUT2D eigenvalue weighted by atomic mass is 10.1. The van der Waals surface area contributed by atoms with Gasteiger partial charge < -0.3 is 4.90 Å². The van der Waals surface area contributed by atoms with Crippen molar-refractivity contribution in [3.63, 3.8) is 0 Å². The van der Waals surface area contributed by atoms with E-state index in [0.717, 1.165) is 25.8 Å². The first-order chi connectivity index (χ1) is 6.66. The molecule has 0 aliphatic carbocycles. The highest BCUT2D eigenvalue weighted by Crippen LogP contribution is 2.01. The summed E-state index contributed by atoms with van der Waals surface area (Å²) in [5.74, 6) is 0.414. The molecule has 0 aromatic carbocycles. The van der Waals surface area contributed by atoms with Crippen molar-refractivity contribution in [2.75, 3.05) is 25.6 Å². The molecule has 0 aliphatic heterocycles. The maximum absolute atomic E-state index is 11.2. The minimum atomic E-state index is 0.414. The molecule has 0 atom stereocenters. The Kier molecular flexibility index (Phi) is 16.0. The molecule has 3 heteroatoms. The number of halogens is 1. The summed E-state index contributed by atoms with van der Waals surface area (Å²) >= 11 is 2.15. The lowest BCUT2D eigenvalue weighted by Gasteiger charge is -2.07. The first-order valence-electron chi connectivity index (χ1n) is 5.21. The number of hydrogen-bond acceptors (Lipinski definition) is 2.